The molecule has 0 spiro atoms. The lowest BCUT2D eigenvalue weighted by Crippen LogP contribution is -2.15. The van der Waals surface area contributed by atoms with Gasteiger partial charge in [-0.1, -0.05) is 52.9 Å². The molecule has 0 aliphatic rings. The minimum absolute atomic E-state index is 0.0716. The molecule has 0 aliphatic carbocycles. The summed E-state index contributed by atoms with van der Waals surface area (Å²) in [5, 5.41) is 0. The van der Waals surface area contributed by atoms with Crippen LogP contribution in [-0.2, 0) is 4.74 Å². The van der Waals surface area contributed by atoms with Gasteiger partial charge < -0.3 is 4.74 Å². The Morgan fingerprint density at radius 1 is 1.00 bits per heavy atom. The maximum absolute atomic E-state index is 5.54. The first-order valence-electron chi connectivity index (χ1n) is 5.99. The number of unbranched alkanes of at least 4 members (excludes halogenated alkanes) is 5. The van der Waals surface area contributed by atoms with Crippen molar-refractivity contribution in [2.24, 2.45) is 5.41 Å². The molecule has 0 saturated carbocycles. The van der Waals surface area contributed by atoms with Gasteiger partial charge in [-0.25, -0.2) is 0 Å². The molecule has 1 heteroatoms. The van der Waals surface area contributed by atoms with Crippen LogP contribution in [0.1, 0.15) is 59.3 Å². The second-order valence-electron chi connectivity index (χ2n) is 4.98. The Labute approximate surface area is 90.2 Å². The molecule has 14 heavy (non-hydrogen) atoms. The summed E-state index contributed by atoms with van der Waals surface area (Å²) in [7, 11) is 0. The highest BCUT2D eigenvalue weighted by molar-refractivity contribution is 4.69. The van der Waals surface area contributed by atoms with Crippen molar-refractivity contribution in [2.75, 3.05) is 13.2 Å². The van der Waals surface area contributed by atoms with E-state index in [9.17, 15) is 0 Å². The van der Waals surface area contributed by atoms with Crippen molar-refractivity contribution in [1.82, 2.24) is 0 Å². The smallest absolute Gasteiger partial charge is 0.0517 e. The molecule has 0 saturated heterocycles. The molecule has 85 valence electrons. The topological polar surface area (TPSA) is 9.23 Å². The molecule has 0 aromatic heterocycles. The molecule has 0 heterocycles. The normalized spacial score (nSPS) is 12.0. The first-order valence-corrected chi connectivity index (χ1v) is 5.99. The van der Waals surface area contributed by atoms with Crippen LogP contribution in [0.25, 0.3) is 0 Å². The molecular weight excluding hydrogens is 172 g/mol. The van der Waals surface area contributed by atoms with Crippen LogP contribution >= 0.6 is 0 Å². The average molecular weight is 199 g/mol. The summed E-state index contributed by atoms with van der Waals surface area (Å²) in [6, 6.07) is 0. The minimum Gasteiger partial charge on any atom is -0.381 e. The molecule has 1 nitrogen and oxygen atoms in total. The van der Waals surface area contributed by atoms with Crippen molar-refractivity contribution in [3.8, 4) is 0 Å². The van der Waals surface area contributed by atoms with Crippen LogP contribution in [0.15, 0.2) is 0 Å². The fourth-order valence-corrected chi connectivity index (χ4v) is 1.33. The van der Waals surface area contributed by atoms with Crippen molar-refractivity contribution in [1.29, 1.82) is 0 Å². The summed E-state index contributed by atoms with van der Waals surface area (Å²) in [4.78, 5) is 0. The maximum Gasteiger partial charge on any atom is 0.0517 e. The lowest BCUT2D eigenvalue weighted by molar-refractivity contribution is 0.0795. The van der Waals surface area contributed by atoms with E-state index in [2.05, 4.69) is 27.7 Å². The quantitative estimate of drug-likeness (QED) is 0.505. The van der Waals surface area contributed by atoms with E-state index in [1.54, 1.807) is 0 Å². The number of hydrogen-bond donors (Lipinski definition) is 0. The van der Waals surface area contributed by atoms with E-state index < -0.39 is 0 Å². The third kappa shape index (κ3) is 12.0. The fourth-order valence-electron chi connectivity index (χ4n) is 1.33. The maximum atomic E-state index is 5.54. The van der Waals surface area contributed by atoms with Crippen molar-refractivity contribution in [3.63, 3.8) is 0 Å². The molecule has 0 aromatic rings. The molecule has 0 atom stereocenters. The second-order valence-corrected chi connectivity index (χ2v) is 4.98. The SMILES string of the molecule is [CH2]C(C)(C)COCCCCCCCC. The average Bonchev–Trinajstić information content (AvgIpc) is 2.08. The van der Waals surface area contributed by atoms with Gasteiger partial charge >= 0.3 is 0 Å². The fraction of sp³-hybridized carbons (Fsp3) is 0.923. The van der Waals surface area contributed by atoms with Crippen LogP contribution in [0.2, 0.25) is 0 Å². The third-order valence-corrected chi connectivity index (χ3v) is 2.14. The highest BCUT2D eigenvalue weighted by atomic mass is 16.5. The summed E-state index contributed by atoms with van der Waals surface area (Å²) in [6.07, 6.45) is 7.98. The van der Waals surface area contributed by atoms with Gasteiger partial charge in [0.1, 0.15) is 0 Å². The molecule has 0 amide bonds. The lowest BCUT2D eigenvalue weighted by Gasteiger charge is -2.17. The molecule has 0 N–H and O–H groups in total. The van der Waals surface area contributed by atoms with Crippen molar-refractivity contribution in [3.05, 3.63) is 6.92 Å². The second kappa shape index (κ2) is 8.28. The summed E-state index contributed by atoms with van der Waals surface area (Å²) in [5.74, 6) is 0. The molecule has 0 fully saturated rings. The minimum atomic E-state index is 0.0716. The van der Waals surface area contributed by atoms with Gasteiger partial charge in [-0.2, -0.15) is 0 Å². The summed E-state index contributed by atoms with van der Waals surface area (Å²) < 4.78 is 5.54. The van der Waals surface area contributed by atoms with Gasteiger partial charge in [0, 0.05) is 6.61 Å². The Balaban J connectivity index is 2.99. The Morgan fingerprint density at radius 2 is 1.57 bits per heavy atom. The zero-order valence-electron chi connectivity index (χ0n) is 10.3. The van der Waals surface area contributed by atoms with Crippen LogP contribution in [0.5, 0.6) is 0 Å². The van der Waals surface area contributed by atoms with Crippen LogP contribution < -0.4 is 0 Å². The monoisotopic (exact) mass is 199 g/mol. The zero-order valence-corrected chi connectivity index (χ0v) is 10.3. The lowest BCUT2D eigenvalue weighted by atomic mass is 9.99. The number of ether oxygens (including phenoxy) is 1. The van der Waals surface area contributed by atoms with Gasteiger partial charge in [0.25, 0.3) is 0 Å². The predicted molar refractivity (Wildman–Crippen MR) is 63.3 cm³/mol. The van der Waals surface area contributed by atoms with Crippen LogP contribution in [0.4, 0.5) is 0 Å². The Bertz CT molecular complexity index is 113. The van der Waals surface area contributed by atoms with Crippen molar-refractivity contribution in [2.45, 2.75) is 59.3 Å². The predicted octanol–water partition coefficient (Wildman–Crippen LogP) is 4.22. The molecule has 0 unspecified atom stereocenters. The first-order chi connectivity index (χ1) is 6.56. The third-order valence-electron chi connectivity index (χ3n) is 2.14. The van der Waals surface area contributed by atoms with E-state index in [1.807, 2.05) is 0 Å². The first kappa shape index (κ1) is 14.0. The van der Waals surface area contributed by atoms with E-state index >= 15 is 0 Å². The van der Waals surface area contributed by atoms with Crippen molar-refractivity contribution < 1.29 is 4.74 Å². The number of rotatable bonds is 9. The highest BCUT2D eigenvalue weighted by Gasteiger charge is 2.09. The van der Waals surface area contributed by atoms with E-state index in [4.69, 9.17) is 4.74 Å². The largest absolute Gasteiger partial charge is 0.381 e. The summed E-state index contributed by atoms with van der Waals surface area (Å²) >= 11 is 0. The summed E-state index contributed by atoms with van der Waals surface area (Å²) in [6.45, 7) is 12.2. The Morgan fingerprint density at radius 3 is 2.14 bits per heavy atom. The van der Waals surface area contributed by atoms with E-state index in [0.29, 0.717) is 0 Å². The molecule has 0 aromatic carbocycles. The number of hydrogen-bond acceptors (Lipinski definition) is 1. The van der Waals surface area contributed by atoms with Gasteiger partial charge in [0.15, 0.2) is 0 Å². The molecule has 0 rings (SSSR count). The van der Waals surface area contributed by atoms with Crippen molar-refractivity contribution >= 4 is 0 Å². The van der Waals surface area contributed by atoms with Gasteiger partial charge in [-0.15, -0.1) is 0 Å². The summed E-state index contributed by atoms with van der Waals surface area (Å²) in [5.41, 5.74) is 0.0716. The van der Waals surface area contributed by atoms with Gasteiger partial charge in [0.2, 0.25) is 0 Å². The Kier molecular flexibility index (Phi) is 8.26. The zero-order chi connectivity index (χ0) is 10.9. The van der Waals surface area contributed by atoms with E-state index in [1.165, 1.54) is 38.5 Å². The highest BCUT2D eigenvalue weighted by Crippen LogP contribution is 2.12. The standard InChI is InChI=1S/C13H27O/c1-5-6-7-8-9-10-11-14-12-13(2,3)4/h2,5-12H2,1,3-4H3. The molecule has 1 radical (unpaired) electrons. The van der Waals surface area contributed by atoms with Crippen LogP contribution in [0, 0.1) is 12.3 Å². The van der Waals surface area contributed by atoms with Gasteiger partial charge in [0.05, 0.1) is 6.61 Å². The van der Waals surface area contributed by atoms with Crippen LogP contribution in [-0.4, -0.2) is 13.2 Å². The Hall–Kier alpha value is -0.0400. The molecular formula is C13H27O. The van der Waals surface area contributed by atoms with E-state index in [-0.39, 0.29) is 5.41 Å². The molecule has 0 bridgehead atoms. The van der Waals surface area contributed by atoms with Gasteiger partial charge in [-0.3, -0.25) is 0 Å². The molecule has 0 aliphatic heterocycles. The van der Waals surface area contributed by atoms with Gasteiger partial charge in [-0.05, 0) is 18.8 Å². The van der Waals surface area contributed by atoms with Crippen LogP contribution in [0.3, 0.4) is 0 Å². The van der Waals surface area contributed by atoms with E-state index in [0.717, 1.165) is 13.2 Å².